The van der Waals surface area contributed by atoms with E-state index in [1.165, 1.54) is 38.2 Å². The second-order valence-corrected chi connectivity index (χ2v) is 10.6. The Labute approximate surface area is 201 Å². The summed E-state index contributed by atoms with van der Waals surface area (Å²) in [6.07, 6.45) is 8.53. The molecule has 0 saturated carbocycles. The summed E-state index contributed by atoms with van der Waals surface area (Å²) >= 11 is 0. The Morgan fingerprint density at radius 1 is 1.06 bits per heavy atom. The lowest BCUT2D eigenvalue weighted by atomic mass is 10.1. The van der Waals surface area contributed by atoms with Crippen LogP contribution >= 0.6 is 0 Å². The van der Waals surface area contributed by atoms with Gasteiger partial charge in [0.05, 0.1) is 17.0 Å². The van der Waals surface area contributed by atoms with Crippen LogP contribution in [0.2, 0.25) is 0 Å². The lowest BCUT2D eigenvalue weighted by molar-refractivity contribution is -0.116. The zero-order chi connectivity index (χ0) is 24.9. The molecule has 2 amide bonds. The number of anilines is 2. The van der Waals surface area contributed by atoms with Gasteiger partial charge in [-0.15, -0.1) is 6.42 Å². The summed E-state index contributed by atoms with van der Waals surface area (Å²) in [5.41, 5.74) is 2.10. The van der Waals surface area contributed by atoms with Gasteiger partial charge in [0.2, 0.25) is 15.9 Å². The van der Waals surface area contributed by atoms with Crippen LogP contribution in [-0.2, 0) is 14.8 Å². The van der Waals surface area contributed by atoms with E-state index in [-0.39, 0.29) is 22.9 Å². The number of amides is 2. The van der Waals surface area contributed by atoms with Crippen molar-refractivity contribution in [3.63, 3.8) is 0 Å². The van der Waals surface area contributed by atoms with E-state index in [1.807, 2.05) is 0 Å². The Morgan fingerprint density at radius 3 is 2.41 bits per heavy atom. The molecule has 34 heavy (non-hydrogen) atoms. The molecule has 0 unspecified atom stereocenters. The molecule has 1 fully saturated rings. The molecular weight excluding hydrogens is 452 g/mol. The number of benzene rings is 2. The highest BCUT2D eigenvalue weighted by atomic mass is 32.2. The number of carbonyl (C=O) groups is 2. The normalized spacial score (nSPS) is 13.9. The molecule has 0 radical (unpaired) electrons. The number of nitrogens with one attached hydrogen (secondary N) is 1. The van der Waals surface area contributed by atoms with Crippen molar-refractivity contribution < 1.29 is 18.0 Å². The molecule has 0 atom stereocenters. The number of sulfonamides is 1. The van der Waals surface area contributed by atoms with Crippen LogP contribution in [-0.4, -0.2) is 70.2 Å². The van der Waals surface area contributed by atoms with E-state index in [0.29, 0.717) is 16.9 Å². The smallest absolute Gasteiger partial charge is 0.256 e. The number of rotatable bonds is 7. The fourth-order valence-electron chi connectivity index (χ4n) is 3.85. The molecule has 1 saturated heterocycles. The van der Waals surface area contributed by atoms with Crippen LogP contribution in [0.5, 0.6) is 0 Å². The Morgan fingerprint density at radius 2 is 1.76 bits per heavy atom. The first-order chi connectivity index (χ1) is 16.1. The largest absolute Gasteiger partial charge is 0.371 e. The minimum Gasteiger partial charge on any atom is -0.371 e. The number of piperidine rings is 1. The highest BCUT2D eigenvalue weighted by molar-refractivity contribution is 7.89. The van der Waals surface area contributed by atoms with Crippen LogP contribution in [0.3, 0.4) is 0 Å². The molecule has 1 aliphatic heterocycles. The maximum Gasteiger partial charge on any atom is 0.256 e. The quantitative estimate of drug-likeness (QED) is 0.613. The zero-order valence-corrected chi connectivity index (χ0v) is 20.6. The summed E-state index contributed by atoms with van der Waals surface area (Å²) in [4.78, 5) is 29.4. The molecule has 0 aromatic heterocycles. The van der Waals surface area contributed by atoms with Gasteiger partial charge in [-0.1, -0.05) is 12.0 Å². The van der Waals surface area contributed by atoms with Gasteiger partial charge in [0, 0.05) is 51.2 Å². The lowest BCUT2D eigenvalue weighted by Crippen LogP contribution is -2.37. The van der Waals surface area contributed by atoms with E-state index in [4.69, 9.17) is 6.42 Å². The van der Waals surface area contributed by atoms with Gasteiger partial charge in [0.1, 0.15) is 0 Å². The Hall–Kier alpha value is -3.35. The Kier molecular flexibility index (Phi) is 7.97. The molecular formula is C25H30N4O4S. The second-order valence-electron chi connectivity index (χ2n) is 8.45. The number of terminal acetylenes is 1. The standard InChI is InChI=1S/C25H30N4O4S/c1-5-19-10-9-11-20(16-19)26-24(30)18-28(4)25(31)22-17-21(34(32,33)27(2)3)12-13-23(22)29-14-7-6-8-15-29/h1,9-13,16-17H,6-8,14-15,18H2,2-4H3,(H,26,30). The molecule has 0 bridgehead atoms. The van der Waals surface area contributed by atoms with Gasteiger partial charge in [-0.05, 0) is 55.7 Å². The van der Waals surface area contributed by atoms with Crippen molar-refractivity contribution in [2.75, 3.05) is 51.0 Å². The maximum atomic E-state index is 13.4. The van der Waals surface area contributed by atoms with E-state index >= 15 is 0 Å². The minimum absolute atomic E-state index is 0.0329. The maximum absolute atomic E-state index is 13.4. The molecule has 1 aliphatic rings. The van der Waals surface area contributed by atoms with Crippen molar-refractivity contribution in [2.24, 2.45) is 0 Å². The van der Waals surface area contributed by atoms with Crippen molar-refractivity contribution in [1.82, 2.24) is 9.21 Å². The Balaban J connectivity index is 1.86. The average molecular weight is 483 g/mol. The number of nitrogens with zero attached hydrogens (tertiary/aromatic N) is 3. The molecule has 9 heteroatoms. The van der Waals surface area contributed by atoms with Crippen LogP contribution in [0.15, 0.2) is 47.4 Å². The zero-order valence-electron chi connectivity index (χ0n) is 19.7. The predicted octanol–water partition coefficient (Wildman–Crippen LogP) is 2.62. The molecule has 8 nitrogen and oxygen atoms in total. The molecule has 0 spiro atoms. The molecule has 2 aromatic rings. The summed E-state index contributed by atoms with van der Waals surface area (Å²) in [7, 11) is 0.684. The van der Waals surface area contributed by atoms with Gasteiger partial charge in [-0.3, -0.25) is 9.59 Å². The molecule has 1 N–H and O–H groups in total. The summed E-state index contributed by atoms with van der Waals surface area (Å²) < 4.78 is 26.5. The first kappa shape index (κ1) is 25.3. The summed E-state index contributed by atoms with van der Waals surface area (Å²) in [6, 6.07) is 11.5. The van der Waals surface area contributed by atoms with Crippen molar-refractivity contribution >= 4 is 33.2 Å². The van der Waals surface area contributed by atoms with Gasteiger partial charge in [-0.25, -0.2) is 12.7 Å². The molecule has 0 aliphatic carbocycles. The third kappa shape index (κ3) is 5.76. The third-order valence-corrected chi connectivity index (χ3v) is 7.53. The molecule has 180 valence electrons. The monoisotopic (exact) mass is 482 g/mol. The van der Waals surface area contributed by atoms with Crippen LogP contribution < -0.4 is 10.2 Å². The lowest BCUT2D eigenvalue weighted by Gasteiger charge is -2.31. The second kappa shape index (κ2) is 10.7. The van der Waals surface area contributed by atoms with E-state index in [0.717, 1.165) is 36.7 Å². The van der Waals surface area contributed by atoms with E-state index in [9.17, 15) is 18.0 Å². The number of likely N-dealkylation sites (N-methyl/N-ethyl adjacent to an activating group) is 1. The van der Waals surface area contributed by atoms with E-state index in [2.05, 4.69) is 16.1 Å². The van der Waals surface area contributed by atoms with Crippen LogP contribution in [0.4, 0.5) is 11.4 Å². The SMILES string of the molecule is C#Cc1cccc(NC(=O)CN(C)C(=O)c2cc(S(=O)(=O)N(C)C)ccc2N2CCCCC2)c1. The number of hydrogen-bond donors (Lipinski definition) is 1. The van der Waals surface area contributed by atoms with Crippen molar-refractivity contribution in [3.05, 3.63) is 53.6 Å². The van der Waals surface area contributed by atoms with Crippen LogP contribution in [0.25, 0.3) is 0 Å². The highest BCUT2D eigenvalue weighted by Gasteiger charge is 2.26. The molecule has 3 rings (SSSR count). The van der Waals surface area contributed by atoms with Crippen LogP contribution in [0.1, 0.15) is 35.2 Å². The first-order valence-corrected chi connectivity index (χ1v) is 12.5. The summed E-state index contributed by atoms with van der Waals surface area (Å²) in [5, 5.41) is 2.74. The number of hydrogen-bond acceptors (Lipinski definition) is 5. The Bertz CT molecular complexity index is 1210. The fraction of sp³-hybridized carbons (Fsp3) is 0.360. The topological polar surface area (TPSA) is 90.0 Å². The molecule has 1 heterocycles. The van der Waals surface area contributed by atoms with E-state index < -0.39 is 15.9 Å². The van der Waals surface area contributed by atoms with Gasteiger partial charge in [-0.2, -0.15) is 0 Å². The van der Waals surface area contributed by atoms with Crippen molar-refractivity contribution in [1.29, 1.82) is 0 Å². The van der Waals surface area contributed by atoms with Gasteiger partial charge in [0.25, 0.3) is 5.91 Å². The first-order valence-electron chi connectivity index (χ1n) is 11.1. The van der Waals surface area contributed by atoms with Gasteiger partial charge < -0.3 is 15.1 Å². The predicted molar refractivity (Wildman–Crippen MR) is 133 cm³/mol. The van der Waals surface area contributed by atoms with Crippen molar-refractivity contribution in [3.8, 4) is 12.3 Å². The minimum atomic E-state index is -3.73. The van der Waals surface area contributed by atoms with Gasteiger partial charge in [0.15, 0.2) is 0 Å². The summed E-state index contributed by atoms with van der Waals surface area (Å²) in [5.74, 6) is 1.70. The van der Waals surface area contributed by atoms with Crippen LogP contribution in [0, 0.1) is 12.3 Å². The fourth-order valence-corrected chi connectivity index (χ4v) is 4.78. The average Bonchev–Trinajstić information content (AvgIpc) is 2.83. The number of carbonyl (C=O) groups excluding carboxylic acids is 2. The highest BCUT2D eigenvalue weighted by Crippen LogP contribution is 2.28. The summed E-state index contributed by atoms with van der Waals surface area (Å²) in [6.45, 7) is 1.37. The molecule has 2 aromatic carbocycles. The van der Waals surface area contributed by atoms with E-state index in [1.54, 1.807) is 30.3 Å². The third-order valence-electron chi connectivity index (χ3n) is 5.71. The van der Waals surface area contributed by atoms with Crippen molar-refractivity contribution in [2.45, 2.75) is 24.2 Å². The van der Waals surface area contributed by atoms with Gasteiger partial charge >= 0.3 is 0 Å².